The second-order valence-corrected chi connectivity index (χ2v) is 9.97. The number of carbonyl (C=O) groups excluding carboxylic acids is 1. The molecule has 0 radical (unpaired) electrons. The van der Waals surface area contributed by atoms with E-state index >= 15 is 0 Å². The second kappa shape index (κ2) is 9.14. The second-order valence-electron chi connectivity index (χ2n) is 8.03. The highest BCUT2D eigenvalue weighted by molar-refractivity contribution is 7.89. The van der Waals surface area contributed by atoms with Gasteiger partial charge in [-0.05, 0) is 60.4 Å². The highest BCUT2D eigenvalue weighted by atomic mass is 32.2. The van der Waals surface area contributed by atoms with Crippen LogP contribution in [0.3, 0.4) is 0 Å². The summed E-state index contributed by atoms with van der Waals surface area (Å²) in [6, 6.07) is 22.7. The lowest BCUT2D eigenvalue weighted by Gasteiger charge is -2.22. The van der Waals surface area contributed by atoms with Crippen molar-refractivity contribution in [3.63, 3.8) is 0 Å². The summed E-state index contributed by atoms with van der Waals surface area (Å²) in [7, 11) is -3.98. The van der Waals surface area contributed by atoms with Crippen LogP contribution in [0, 0.1) is 17.1 Å². The van der Waals surface area contributed by atoms with Crippen LogP contribution in [-0.2, 0) is 26.8 Å². The molecule has 1 aliphatic rings. The van der Waals surface area contributed by atoms with Crippen molar-refractivity contribution in [3.05, 3.63) is 95.8 Å². The molecule has 3 aromatic carbocycles. The molecule has 1 amide bonds. The zero-order valence-electron chi connectivity index (χ0n) is 17.7. The van der Waals surface area contributed by atoms with Gasteiger partial charge in [0.15, 0.2) is 0 Å². The fourth-order valence-corrected chi connectivity index (χ4v) is 4.99. The predicted octanol–water partition coefficient (Wildman–Crippen LogP) is 4.21. The van der Waals surface area contributed by atoms with Gasteiger partial charge in [-0.15, -0.1) is 0 Å². The first-order chi connectivity index (χ1) is 15.8. The van der Waals surface area contributed by atoms with Crippen molar-refractivity contribution in [3.8, 4) is 6.07 Å². The molecule has 6 nitrogen and oxygen atoms in total. The van der Waals surface area contributed by atoms with Crippen molar-refractivity contribution in [2.75, 3.05) is 11.9 Å². The van der Waals surface area contributed by atoms with Gasteiger partial charge in [0.1, 0.15) is 5.82 Å². The number of nitrogens with zero attached hydrogens (tertiary/aromatic N) is 2. The molecule has 0 aromatic heterocycles. The van der Waals surface area contributed by atoms with E-state index in [0.717, 1.165) is 22.7 Å². The third kappa shape index (κ3) is 5.11. The number of hydrogen-bond donors (Lipinski definition) is 1. The molecular formula is C25H22FN3O3S. The molecule has 0 aliphatic heterocycles. The number of amides is 1. The molecule has 1 fully saturated rings. The molecule has 168 valence electrons. The molecule has 1 N–H and O–H groups in total. The maximum Gasteiger partial charge on any atom is 0.243 e. The lowest BCUT2D eigenvalue weighted by Crippen LogP contribution is -2.37. The lowest BCUT2D eigenvalue weighted by atomic mass is 9.98. The minimum Gasteiger partial charge on any atom is -0.325 e. The molecule has 0 atom stereocenters. The average Bonchev–Trinajstić information content (AvgIpc) is 3.62. The Balaban J connectivity index is 1.52. The Bertz CT molecular complexity index is 1280. The van der Waals surface area contributed by atoms with Crippen LogP contribution in [0.25, 0.3) is 0 Å². The first kappa shape index (κ1) is 22.6. The van der Waals surface area contributed by atoms with E-state index in [1.54, 1.807) is 30.3 Å². The number of anilines is 1. The standard InChI is InChI=1S/C25H22FN3O3S/c26-21-10-6-19(7-11-21)16-29(33(31,32)23-4-2-1-3-5-23)17-24(30)28-22-12-8-20(9-13-22)25(18-27)14-15-25/h1-13H,14-17H2,(H,28,30). The minimum atomic E-state index is -3.98. The van der Waals surface area contributed by atoms with E-state index in [1.165, 1.54) is 36.4 Å². The van der Waals surface area contributed by atoms with Gasteiger partial charge in [0.25, 0.3) is 0 Å². The summed E-state index contributed by atoms with van der Waals surface area (Å²) >= 11 is 0. The van der Waals surface area contributed by atoms with Crippen LogP contribution in [0.5, 0.6) is 0 Å². The third-order valence-electron chi connectivity index (χ3n) is 5.66. The van der Waals surface area contributed by atoms with Crippen LogP contribution in [0.2, 0.25) is 0 Å². The van der Waals surface area contributed by atoms with E-state index < -0.39 is 33.7 Å². The molecular weight excluding hydrogens is 441 g/mol. The van der Waals surface area contributed by atoms with Crippen molar-refractivity contribution < 1.29 is 17.6 Å². The molecule has 0 spiro atoms. The Kier molecular flexibility index (Phi) is 6.27. The monoisotopic (exact) mass is 463 g/mol. The number of nitrogens with one attached hydrogen (secondary N) is 1. The number of nitriles is 1. The predicted molar refractivity (Wildman–Crippen MR) is 122 cm³/mol. The number of benzene rings is 3. The first-order valence-electron chi connectivity index (χ1n) is 10.4. The van der Waals surface area contributed by atoms with Crippen LogP contribution < -0.4 is 5.32 Å². The summed E-state index contributed by atoms with van der Waals surface area (Å²) in [5.41, 5.74) is 1.56. The summed E-state index contributed by atoms with van der Waals surface area (Å²) < 4.78 is 40.8. The quantitative estimate of drug-likeness (QED) is 0.542. The fraction of sp³-hybridized carbons (Fsp3) is 0.200. The van der Waals surface area contributed by atoms with Gasteiger partial charge in [-0.2, -0.15) is 9.57 Å². The molecule has 0 bridgehead atoms. The lowest BCUT2D eigenvalue weighted by molar-refractivity contribution is -0.116. The van der Waals surface area contributed by atoms with Gasteiger partial charge < -0.3 is 5.32 Å². The Morgan fingerprint density at radius 2 is 1.64 bits per heavy atom. The molecule has 4 rings (SSSR count). The van der Waals surface area contributed by atoms with Gasteiger partial charge in [0.2, 0.25) is 15.9 Å². The minimum absolute atomic E-state index is 0.0653. The Morgan fingerprint density at radius 1 is 1.00 bits per heavy atom. The molecule has 3 aromatic rings. The summed E-state index contributed by atoms with van der Waals surface area (Å²) in [4.78, 5) is 12.8. The van der Waals surface area contributed by atoms with Crippen LogP contribution in [0.1, 0.15) is 24.0 Å². The zero-order chi connectivity index (χ0) is 23.5. The summed E-state index contributed by atoms with van der Waals surface area (Å²) in [5, 5.41) is 12.0. The Hall–Kier alpha value is -3.54. The number of hydrogen-bond acceptors (Lipinski definition) is 4. The smallest absolute Gasteiger partial charge is 0.243 e. The highest BCUT2D eigenvalue weighted by Gasteiger charge is 2.44. The van der Waals surface area contributed by atoms with Gasteiger partial charge >= 0.3 is 0 Å². The first-order valence-corrected chi connectivity index (χ1v) is 11.9. The van der Waals surface area contributed by atoms with Gasteiger partial charge in [-0.1, -0.05) is 42.5 Å². The third-order valence-corrected chi connectivity index (χ3v) is 7.46. The van der Waals surface area contributed by atoms with Crippen LogP contribution in [0.15, 0.2) is 83.8 Å². The van der Waals surface area contributed by atoms with E-state index in [-0.39, 0.29) is 11.4 Å². The summed E-state index contributed by atoms with van der Waals surface area (Å²) in [5.74, 6) is -0.937. The molecule has 8 heteroatoms. The molecule has 0 heterocycles. The van der Waals surface area contributed by atoms with Gasteiger partial charge in [0, 0.05) is 12.2 Å². The van der Waals surface area contributed by atoms with Gasteiger partial charge in [0.05, 0.1) is 22.9 Å². The van der Waals surface area contributed by atoms with Crippen molar-refractivity contribution in [2.45, 2.75) is 29.7 Å². The van der Waals surface area contributed by atoms with Crippen LogP contribution in [0.4, 0.5) is 10.1 Å². The van der Waals surface area contributed by atoms with Crippen molar-refractivity contribution in [1.29, 1.82) is 5.26 Å². The van der Waals surface area contributed by atoms with E-state index in [2.05, 4.69) is 11.4 Å². The zero-order valence-corrected chi connectivity index (χ0v) is 18.6. The van der Waals surface area contributed by atoms with Gasteiger partial charge in [-0.25, -0.2) is 12.8 Å². The Labute approximate surface area is 192 Å². The number of carbonyl (C=O) groups is 1. The van der Waals surface area contributed by atoms with Crippen molar-refractivity contribution in [2.24, 2.45) is 0 Å². The van der Waals surface area contributed by atoms with E-state index in [4.69, 9.17) is 0 Å². The van der Waals surface area contributed by atoms with Crippen LogP contribution >= 0.6 is 0 Å². The van der Waals surface area contributed by atoms with Crippen LogP contribution in [-0.4, -0.2) is 25.2 Å². The number of rotatable bonds is 8. The maximum absolute atomic E-state index is 13.3. The molecule has 0 saturated heterocycles. The molecule has 1 aliphatic carbocycles. The normalized spacial score (nSPS) is 14.5. The molecule has 0 unspecified atom stereocenters. The highest BCUT2D eigenvalue weighted by Crippen LogP contribution is 2.47. The molecule has 33 heavy (non-hydrogen) atoms. The van der Waals surface area contributed by atoms with E-state index in [0.29, 0.717) is 11.3 Å². The average molecular weight is 464 g/mol. The van der Waals surface area contributed by atoms with E-state index in [1.807, 2.05) is 12.1 Å². The Morgan fingerprint density at radius 3 is 2.21 bits per heavy atom. The van der Waals surface area contributed by atoms with Crippen molar-refractivity contribution >= 4 is 21.6 Å². The number of sulfonamides is 1. The largest absolute Gasteiger partial charge is 0.325 e. The number of halogens is 1. The topological polar surface area (TPSA) is 90.3 Å². The summed E-state index contributed by atoms with van der Waals surface area (Å²) in [6.45, 7) is -0.507. The fourth-order valence-electron chi connectivity index (χ4n) is 3.58. The summed E-state index contributed by atoms with van der Waals surface area (Å²) in [6.07, 6.45) is 1.65. The van der Waals surface area contributed by atoms with Gasteiger partial charge in [-0.3, -0.25) is 4.79 Å². The van der Waals surface area contributed by atoms with E-state index in [9.17, 15) is 22.9 Å². The maximum atomic E-state index is 13.3. The SMILES string of the molecule is N#CC1(c2ccc(NC(=O)CN(Cc3ccc(F)cc3)S(=O)(=O)c3ccccc3)cc2)CC1. The molecule has 1 saturated carbocycles. The van der Waals surface area contributed by atoms with Crippen molar-refractivity contribution in [1.82, 2.24) is 4.31 Å².